The highest BCUT2D eigenvalue weighted by molar-refractivity contribution is 5.87. The Morgan fingerprint density at radius 1 is 1.62 bits per heavy atom. The number of ether oxygens (including phenoxy) is 1. The molecule has 1 heterocycles. The molecule has 1 rings (SSSR count). The van der Waals surface area contributed by atoms with Gasteiger partial charge in [-0.05, 0) is 20.3 Å². The number of aliphatic hydroxyl groups is 1. The van der Waals surface area contributed by atoms with Crippen molar-refractivity contribution < 1.29 is 19.2 Å². The van der Waals surface area contributed by atoms with Crippen molar-refractivity contribution in [1.29, 1.82) is 0 Å². The highest BCUT2D eigenvalue weighted by Gasteiger charge is 2.28. The van der Waals surface area contributed by atoms with E-state index in [4.69, 9.17) is 9.26 Å². The van der Waals surface area contributed by atoms with Gasteiger partial charge in [0.25, 0.3) is 0 Å². The van der Waals surface area contributed by atoms with Crippen molar-refractivity contribution in [3.05, 3.63) is 17.5 Å². The Morgan fingerprint density at radius 3 is 2.88 bits per heavy atom. The van der Waals surface area contributed by atoms with Crippen molar-refractivity contribution in [1.82, 2.24) is 5.16 Å². The minimum absolute atomic E-state index is 0.0910. The minimum Gasteiger partial charge on any atom is -0.461 e. The van der Waals surface area contributed by atoms with E-state index in [1.165, 1.54) is 6.07 Å². The minimum atomic E-state index is -1.09. The van der Waals surface area contributed by atoms with E-state index in [2.05, 4.69) is 5.16 Å². The van der Waals surface area contributed by atoms with Crippen molar-refractivity contribution in [2.75, 3.05) is 6.61 Å². The molecule has 0 aliphatic heterocycles. The molecule has 1 aromatic rings. The first-order valence-electron chi connectivity index (χ1n) is 5.38. The average Bonchev–Trinajstić information content (AvgIpc) is 2.67. The zero-order valence-electron chi connectivity index (χ0n) is 9.82. The molecule has 5 nitrogen and oxygen atoms in total. The summed E-state index contributed by atoms with van der Waals surface area (Å²) in [7, 11) is 0. The number of rotatable bonds is 5. The van der Waals surface area contributed by atoms with E-state index in [9.17, 15) is 9.90 Å². The van der Waals surface area contributed by atoms with Gasteiger partial charge in [-0.15, -0.1) is 0 Å². The lowest BCUT2D eigenvalue weighted by atomic mass is 9.97. The van der Waals surface area contributed by atoms with Crippen LogP contribution in [0.25, 0.3) is 0 Å². The Morgan fingerprint density at radius 2 is 2.31 bits per heavy atom. The second kappa shape index (κ2) is 5.12. The lowest BCUT2D eigenvalue weighted by molar-refractivity contribution is 0.0188. The van der Waals surface area contributed by atoms with Gasteiger partial charge in [-0.3, -0.25) is 0 Å². The van der Waals surface area contributed by atoms with Crippen molar-refractivity contribution in [3.8, 4) is 0 Å². The first-order chi connectivity index (χ1) is 7.51. The van der Waals surface area contributed by atoms with Crippen LogP contribution < -0.4 is 0 Å². The van der Waals surface area contributed by atoms with E-state index in [1.54, 1.807) is 13.8 Å². The van der Waals surface area contributed by atoms with Gasteiger partial charge >= 0.3 is 5.97 Å². The topological polar surface area (TPSA) is 72.6 Å². The fraction of sp³-hybridized carbons (Fsp3) is 0.636. The Hall–Kier alpha value is -1.36. The summed E-state index contributed by atoms with van der Waals surface area (Å²) in [4.78, 5) is 11.3. The van der Waals surface area contributed by atoms with Gasteiger partial charge in [-0.2, -0.15) is 0 Å². The first-order valence-corrected chi connectivity index (χ1v) is 5.38. The van der Waals surface area contributed by atoms with Gasteiger partial charge in [-0.25, -0.2) is 4.79 Å². The quantitative estimate of drug-likeness (QED) is 0.777. The molecule has 0 spiro atoms. The van der Waals surface area contributed by atoms with Crippen molar-refractivity contribution in [3.63, 3.8) is 0 Å². The van der Waals surface area contributed by atoms with Gasteiger partial charge in [0.05, 0.1) is 6.61 Å². The van der Waals surface area contributed by atoms with Crippen molar-refractivity contribution in [2.45, 2.75) is 39.2 Å². The summed E-state index contributed by atoms with van der Waals surface area (Å²) in [6.07, 6.45) is 1.35. The molecule has 5 heteroatoms. The molecule has 16 heavy (non-hydrogen) atoms. The van der Waals surface area contributed by atoms with Crippen LogP contribution in [-0.4, -0.2) is 22.8 Å². The van der Waals surface area contributed by atoms with E-state index in [1.807, 2.05) is 6.92 Å². The lowest BCUT2D eigenvalue weighted by Crippen LogP contribution is -2.19. The summed E-state index contributed by atoms with van der Waals surface area (Å²) in [5.74, 6) is -0.248. The number of hydrogen-bond donors (Lipinski definition) is 1. The van der Waals surface area contributed by atoms with Crippen LogP contribution in [0.1, 0.15) is 49.9 Å². The molecule has 1 aromatic heterocycles. The fourth-order valence-electron chi connectivity index (χ4n) is 1.44. The molecule has 0 aliphatic rings. The molecular weight excluding hydrogens is 210 g/mol. The van der Waals surface area contributed by atoms with Gasteiger partial charge in [0.15, 0.2) is 11.5 Å². The smallest absolute Gasteiger partial charge is 0.360 e. The summed E-state index contributed by atoms with van der Waals surface area (Å²) in [5, 5.41) is 13.6. The van der Waals surface area contributed by atoms with Crippen LogP contribution in [0.3, 0.4) is 0 Å². The lowest BCUT2D eigenvalue weighted by Gasteiger charge is -2.18. The summed E-state index contributed by atoms with van der Waals surface area (Å²) in [6, 6.07) is 1.42. The van der Waals surface area contributed by atoms with Crippen LogP contribution in [-0.2, 0) is 10.3 Å². The number of carbonyl (C=O) groups is 1. The molecule has 0 aromatic carbocycles. The summed E-state index contributed by atoms with van der Waals surface area (Å²) in [6.45, 7) is 5.58. The maximum Gasteiger partial charge on any atom is 0.360 e. The number of aromatic nitrogens is 1. The van der Waals surface area contributed by atoms with Crippen LogP contribution in [0.15, 0.2) is 10.6 Å². The number of esters is 1. The monoisotopic (exact) mass is 227 g/mol. The predicted molar refractivity (Wildman–Crippen MR) is 56.9 cm³/mol. The standard InChI is InChI=1S/C11H17NO4/c1-4-6-11(3,14)9-7-8(12-16-9)10(13)15-5-2/h7,14H,4-6H2,1-3H3/t11-/m0/s1. The largest absolute Gasteiger partial charge is 0.461 e. The average molecular weight is 227 g/mol. The highest BCUT2D eigenvalue weighted by atomic mass is 16.5. The Kier molecular flexibility index (Phi) is 4.06. The van der Waals surface area contributed by atoms with Crippen LogP contribution in [0.2, 0.25) is 0 Å². The molecular formula is C11H17NO4. The third-order valence-electron chi connectivity index (χ3n) is 2.26. The van der Waals surface area contributed by atoms with Crippen LogP contribution in [0.4, 0.5) is 0 Å². The molecule has 0 fully saturated rings. The summed E-state index contributed by atoms with van der Waals surface area (Å²) >= 11 is 0. The molecule has 0 aliphatic carbocycles. The molecule has 0 bridgehead atoms. The summed E-state index contributed by atoms with van der Waals surface area (Å²) < 4.78 is 9.72. The van der Waals surface area contributed by atoms with Crippen molar-refractivity contribution in [2.24, 2.45) is 0 Å². The highest BCUT2D eigenvalue weighted by Crippen LogP contribution is 2.26. The van der Waals surface area contributed by atoms with Gasteiger partial charge in [0.1, 0.15) is 5.60 Å². The number of nitrogens with zero attached hydrogens (tertiary/aromatic N) is 1. The van der Waals surface area contributed by atoms with Crippen LogP contribution in [0.5, 0.6) is 0 Å². The number of carbonyl (C=O) groups excluding carboxylic acids is 1. The van der Waals surface area contributed by atoms with E-state index in [0.717, 1.165) is 6.42 Å². The molecule has 0 radical (unpaired) electrons. The molecule has 90 valence electrons. The second-order valence-electron chi connectivity index (χ2n) is 3.82. The molecule has 0 saturated carbocycles. The van der Waals surface area contributed by atoms with Crippen LogP contribution in [0, 0.1) is 0 Å². The SMILES string of the molecule is CCC[C@](C)(O)c1cc(C(=O)OCC)no1. The van der Waals surface area contributed by atoms with E-state index in [0.29, 0.717) is 6.42 Å². The predicted octanol–water partition coefficient (Wildman–Crippen LogP) is 1.86. The second-order valence-corrected chi connectivity index (χ2v) is 3.82. The van der Waals surface area contributed by atoms with Gasteiger partial charge in [0, 0.05) is 6.07 Å². The van der Waals surface area contributed by atoms with Crippen molar-refractivity contribution >= 4 is 5.97 Å². The maximum atomic E-state index is 11.3. The summed E-state index contributed by atoms with van der Waals surface area (Å²) in [5.41, 5.74) is -1.000. The molecule has 0 unspecified atom stereocenters. The third-order valence-corrected chi connectivity index (χ3v) is 2.26. The molecule has 1 atom stereocenters. The normalized spacial score (nSPS) is 14.5. The molecule has 0 amide bonds. The van der Waals surface area contributed by atoms with E-state index >= 15 is 0 Å². The maximum absolute atomic E-state index is 11.3. The Bertz CT molecular complexity index is 357. The zero-order chi connectivity index (χ0) is 12.2. The zero-order valence-corrected chi connectivity index (χ0v) is 9.82. The fourth-order valence-corrected chi connectivity index (χ4v) is 1.44. The third kappa shape index (κ3) is 2.82. The number of hydrogen-bond acceptors (Lipinski definition) is 5. The Labute approximate surface area is 94.4 Å². The Balaban J connectivity index is 2.82. The van der Waals surface area contributed by atoms with E-state index < -0.39 is 11.6 Å². The first kappa shape index (κ1) is 12.7. The molecule has 0 saturated heterocycles. The van der Waals surface area contributed by atoms with Gasteiger partial charge in [0.2, 0.25) is 0 Å². The van der Waals surface area contributed by atoms with E-state index in [-0.39, 0.29) is 18.1 Å². The van der Waals surface area contributed by atoms with Crippen LogP contribution >= 0.6 is 0 Å². The van der Waals surface area contributed by atoms with Gasteiger partial charge < -0.3 is 14.4 Å². The molecule has 1 N–H and O–H groups in total. The van der Waals surface area contributed by atoms with Gasteiger partial charge in [-0.1, -0.05) is 18.5 Å².